The average Bonchev–Trinajstić information content (AvgIpc) is 2.76. The number of carbonyl (C=O) groups excluding carboxylic acids is 1. The molecule has 1 amide bonds. The molecule has 1 N–H and O–H groups in total. The molecule has 0 spiro atoms. The van der Waals surface area contributed by atoms with Gasteiger partial charge in [0.25, 0.3) is 12.1 Å². The Morgan fingerprint density at radius 3 is 2.52 bits per heavy atom. The highest BCUT2D eigenvalue weighted by atomic mass is 79.9. The molecule has 0 aliphatic carbocycles. The lowest BCUT2D eigenvalue weighted by Crippen LogP contribution is -2.20. The van der Waals surface area contributed by atoms with Gasteiger partial charge in [0.1, 0.15) is 12.2 Å². The van der Waals surface area contributed by atoms with Crippen LogP contribution < -0.4 is 5.32 Å². The zero-order valence-corrected chi connectivity index (χ0v) is 13.4. The number of nitrogens with one attached hydrogen (secondary N) is 1. The first kappa shape index (κ1) is 17.0. The molecule has 122 valence electrons. The van der Waals surface area contributed by atoms with Crippen LogP contribution in [0.4, 0.5) is 20.2 Å². The van der Waals surface area contributed by atoms with Gasteiger partial charge in [0.15, 0.2) is 0 Å². The minimum Gasteiger partial charge on any atom is -0.324 e. The maximum Gasteiger partial charge on any atom is 0.283 e. The maximum absolute atomic E-state index is 12.7. The smallest absolute Gasteiger partial charge is 0.283 e. The molecule has 0 unspecified atom stereocenters. The molecule has 1 aromatic carbocycles. The van der Waals surface area contributed by atoms with E-state index >= 15 is 0 Å². The van der Waals surface area contributed by atoms with Crippen molar-refractivity contribution in [3.05, 3.63) is 50.2 Å². The van der Waals surface area contributed by atoms with Crippen molar-refractivity contribution in [2.45, 2.75) is 19.9 Å². The van der Waals surface area contributed by atoms with Crippen LogP contribution in [-0.2, 0) is 11.3 Å². The molecule has 7 nitrogen and oxygen atoms in total. The van der Waals surface area contributed by atoms with E-state index in [2.05, 4.69) is 26.3 Å². The lowest BCUT2D eigenvalue weighted by Gasteiger charge is -2.06. The second-order valence-corrected chi connectivity index (χ2v) is 5.39. The van der Waals surface area contributed by atoms with Crippen molar-refractivity contribution in [2.75, 3.05) is 5.32 Å². The SMILES string of the molecule is Cc1c(Br)c(C(F)F)nn1CC(=O)Nc1ccc([N+](=O)[O-])cc1. The third-order valence-electron chi connectivity index (χ3n) is 3.02. The molecule has 23 heavy (non-hydrogen) atoms. The molecule has 2 aromatic rings. The molecule has 1 aromatic heterocycles. The van der Waals surface area contributed by atoms with Gasteiger partial charge < -0.3 is 5.32 Å². The molecule has 0 aliphatic rings. The summed E-state index contributed by atoms with van der Waals surface area (Å²) in [5.74, 6) is -0.488. The van der Waals surface area contributed by atoms with Gasteiger partial charge in [-0.05, 0) is 35.0 Å². The zero-order valence-electron chi connectivity index (χ0n) is 11.8. The number of anilines is 1. The molecular weight excluding hydrogens is 378 g/mol. The van der Waals surface area contributed by atoms with E-state index in [9.17, 15) is 23.7 Å². The Morgan fingerprint density at radius 2 is 2.04 bits per heavy atom. The Labute approximate surface area is 137 Å². The van der Waals surface area contributed by atoms with Crippen molar-refractivity contribution in [1.82, 2.24) is 9.78 Å². The summed E-state index contributed by atoms with van der Waals surface area (Å²) >= 11 is 3.02. The first-order chi connectivity index (χ1) is 10.8. The molecule has 1 heterocycles. The predicted molar refractivity (Wildman–Crippen MR) is 81.3 cm³/mol. The summed E-state index contributed by atoms with van der Waals surface area (Å²) in [6, 6.07) is 5.26. The molecule has 0 saturated heterocycles. The fourth-order valence-corrected chi connectivity index (χ4v) is 2.30. The number of non-ortho nitro benzene ring substituents is 1. The number of carbonyl (C=O) groups is 1. The molecule has 0 saturated carbocycles. The van der Waals surface area contributed by atoms with Gasteiger partial charge in [-0.25, -0.2) is 8.78 Å². The first-order valence-corrected chi connectivity index (χ1v) is 7.14. The molecule has 0 bridgehead atoms. The van der Waals surface area contributed by atoms with Gasteiger partial charge in [0, 0.05) is 17.8 Å². The van der Waals surface area contributed by atoms with Gasteiger partial charge in [0.05, 0.1) is 15.1 Å². The van der Waals surface area contributed by atoms with Crippen molar-refractivity contribution < 1.29 is 18.5 Å². The van der Waals surface area contributed by atoms with Crippen LogP contribution >= 0.6 is 15.9 Å². The number of amides is 1. The monoisotopic (exact) mass is 388 g/mol. The lowest BCUT2D eigenvalue weighted by molar-refractivity contribution is -0.384. The lowest BCUT2D eigenvalue weighted by atomic mass is 10.3. The molecule has 10 heteroatoms. The summed E-state index contributed by atoms with van der Waals surface area (Å²) < 4.78 is 26.8. The van der Waals surface area contributed by atoms with Gasteiger partial charge in [-0.3, -0.25) is 19.6 Å². The van der Waals surface area contributed by atoms with Crippen LogP contribution in [0.3, 0.4) is 0 Å². The van der Waals surface area contributed by atoms with Crippen molar-refractivity contribution in [1.29, 1.82) is 0 Å². The maximum atomic E-state index is 12.7. The van der Waals surface area contributed by atoms with E-state index < -0.39 is 22.9 Å². The fraction of sp³-hybridized carbons (Fsp3) is 0.231. The number of hydrogen-bond acceptors (Lipinski definition) is 4. The highest BCUT2D eigenvalue weighted by Crippen LogP contribution is 2.29. The second-order valence-electron chi connectivity index (χ2n) is 4.60. The quantitative estimate of drug-likeness (QED) is 0.627. The third-order valence-corrected chi connectivity index (χ3v) is 4.00. The molecule has 0 fully saturated rings. The zero-order chi connectivity index (χ0) is 17.1. The van der Waals surface area contributed by atoms with Crippen LogP contribution in [0.2, 0.25) is 0 Å². The summed E-state index contributed by atoms with van der Waals surface area (Å²) in [6.07, 6.45) is -2.75. The van der Waals surface area contributed by atoms with E-state index in [1.807, 2.05) is 0 Å². The summed E-state index contributed by atoms with van der Waals surface area (Å²) in [5, 5.41) is 16.8. The Kier molecular flexibility index (Phi) is 5.04. The van der Waals surface area contributed by atoms with Crippen LogP contribution in [0.15, 0.2) is 28.7 Å². The number of nitro benzene ring substituents is 1. The van der Waals surface area contributed by atoms with Crippen LogP contribution in [-0.4, -0.2) is 20.6 Å². The van der Waals surface area contributed by atoms with Crippen molar-refractivity contribution >= 4 is 33.2 Å². The van der Waals surface area contributed by atoms with Crippen molar-refractivity contribution in [2.24, 2.45) is 0 Å². The largest absolute Gasteiger partial charge is 0.324 e. The molecule has 0 radical (unpaired) electrons. The first-order valence-electron chi connectivity index (χ1n) is 6.35. The van der Waals surface area contributed by atoms with Crippen molar-refractivity contribution in [3.63, 3.8) is 0 Å². The van der Waals surface area contributed by atoms with Gasteiger partial charge >= 0.3 is 0 Å². The third kappa shape index (κ3) is 3.89. The van der Waals surface area contributed by atoms with E-state index in [0.717, 1.165) is 4.68 Å². The van der Waals surface area contributed by atoms with Gasteiger partial charge in [-0.2, -0.15) is 5.10 Å². The fourth-order valence-electron chi connectivity index (χ4n) is 1.84. The molecule has 0 aliphatic heterocycles. The van der Waals surface area contributed by atoms with Crippen LogP contribution in [0.5, 0.6) is 0 Å². The van der Waals surface area contributed by atoms with E-state index in [0.29, 0.717) is 11.4 Å². The van der Waals surface area contributed by atoms with E-state index in [1.54, 1.807) is 6.92 Å². The normalized spacial score (nSPS) is 10.8. The molecule has 2 rings (SSSR count). The standard InChI is InChI=1S/C13H11BrF2N4O3/c1-7-11(14)12(13(15)16)18-19(7)6-10(21)17-8-2-4-9(5-3-8)20(22)23/h2-5,13H,6H2,1H3,(H,17,21). The highest BCUT2D eigenvalue weighted by molar-refractivity contribution is 9.10. The number of alkyl halides is 2. The number of nitro groups is 1. The Balaban J connectivity index is 2.08. The topological polar surface area (TPSA) is 90.1 Å². The summed E-state index contributed by atoms with van der Waals surface area (Å²) in [7, 11) is 0. The number of nitrogens with zero attached hydrogens (tertiary/aromatic N) is 3. The van der Waals surface area contributed by atoms with E-state index in [-0.39, 0.29) is 16.7 Å². The van der Waals surface area contributed by atoms with E-state index in [4.69, 9.17) is 0 Å². The van der Waals surface area contributed by atoms with Gasteiger partial charge in [-0.1, -0.05) is 0 Å². The van der Waals surface area contributed by atoms with Crippen LogP contribution in [0.25, 0.3) is 0 Å². The minimum absolute atomic E-state index is 0.101. The number of rotatable bonds is 5. The van der Waals surface area contributed by atoms with Gasteiger partial charge in [-0.15, -0.1) is 0 Å². The second kappa shape index (κ2) is 6.82. The highest BCUT2D eigenvalue weighted by Gasteiger charge is 2.21. The summed E-state index contributed by atoms with van der Waals surface area (Å²) in [4.78, 5) is 21.9. The summed E-state index contributed by atoms with van der Waals surface area (Å²) in [6.45, 7) is 1.30. The predicted octanol–water partition coefficient (Wildman–Crippen LogP) is 3.44. The Morgan fingerprint density at radius 1 is 1.43 bits per heavy atom. The Bertz CT molecular complexity index is 746. The number of aromatic nitrogens is 2. The van der Waals surface area contributed by atoms with E-state index in [1.165, 1.54) is 24.3 Å². The van der Waals surface area contributed by atoms with Crippen LogP contribution in [0, 0.1) is 17.0 Å². The van der Waals surface area contributed by atoms with Crippen LogP contribution in [0.1, 0.15) is 17.8 Å². The van der Waals surface area contributed by atoms with Crippen molar-refractivity contribution in [3.8, 4) is 0 Å². The Hall–Kier alpha value is -2.36. The number of halogens is 3. The number of hydrogen-bond donors (Lipinski definition) is 1. The minimum atomic E-state index is -2.75. The molecule has 0 atom stereocenters. The van der Waals surface area contributed by atoms with Gasteiger partial charge in [0.2, 0.25) is 5.91 Å². The average molecular weight is 389 g/mol. The number of benzene rings is 1. The molecular formula is C13H11BrF2N4O3. The summed E-state index contributed by atoms with van der Waals surface area (Å²) in [5.41, 5.74) is 0.236.